The lowest BCUT2D eigenvalue weighted by molar-refractivity contribution is -0.126. The lowest BCUT2D eigenvalue weighted by atomic mass is 10.0. The molecule has 2 N–H and O–H groups in total. The number of benzene rings is 4. The topological polar surface area (TPSA) is 106 Å². The molecule has 2 amide bonds. The fraction of sp³-hybridized carbons (Fsp3) is 0.125. The van der Waals surface area contributed by atoms with E-state index in [1.807, 2.05) is 60.7 Å². The molecule has 2 heterocycles. The van der Waals surface area contributed by atoms with Crippen LogP contribution >= 0.6 is 23.2 Å². The first-order valence-corrected chi connectivity index (χ1v) is 13.7. The van der Waals surface area contributed by atoms with Gasteiger partial charge < -0.3 is 20.0 Å². The van der Waals surface area contributed by atoms with Crippen LogP contribution in [0.15, 0.2) is 107 Å². The summed E-state index contributed by atoms with van der Waals surface area (Å²) in [5.41, 5.74) is 5.54. The van der Waals surface area contributed by atoms with Crippen LogP contribution in [0.25, 0.3) is 0 Å². The number of hydrogen-bond acceptors (Lipinski definition) is 6. The average molecular weight is 601 g/mol. The number of aliphatic hydroxyl groups is 2. The van der Waals surface area contributed by atoms with Crippen LogP contribution in [-0.4, -0.2) is 60.0 Å². The minimum absolute atomic E-state index is 0.468. The highest BCUT2D eigenvalue weighted by Gasteiger charge is 2.29. The number of likely N-dealkylation sites (N-methyl/N-ethyl adjacent to an activating group) is 2. The summed E-state index contributed by atoms with van der Waals surface area (Å²) in [6.07, 6.45) is -2.84. The van der Waals surface area contributed by atoms with Crippen molar-refractivity contribution in [1.82, 2.24) is 0 Å². The van der Waals surface area contributed by atoms with Gasteiger partial charge in [0.25, 0.3) is 11.8 Å². The third kappa shape index (κ3) is 5.84. The Balaban J connectivity index is 0.000000168. The lowest BCUT2D eigenvalue weighted by Crippen LogP contribution is -2.34. The van der Waals surface area contributed by atoms with Gasteiger partial charge in [-0.1, -0.05) is 83.9 Å². The van der Waals surface area contributed by atoms with Gasteiger partial charge in [0.05, 0.1) is 22.8 Å². The van der Waals surface area contributed by atoms with E-state index in [2.05, 4.69) is 9.98 Å². The van der Waals surface area contributed by atoms with E-state index in [-0.39, 0.29) is 0 Å². The first-order valence-electron chi connectivity index (χ1n) is 12.9. The zero-order valence-corrected chi connectivity index (χ0v) is 24.2. The molecule has 0 aliphatic carbocycles. The van der Waals surface area contributed by atoms with Crippen molar-refractivity contribution < 1.29 is 19.8 Å². The molecule has 4 aromatic rings. The number of nitrogens with zero attached hydrogens (tertiary/aromatic N) is 4. The molecule has 0 bridgehead atoms. The van der Waals surface area contributed by atoms with Gasteiger partial charge in [-0.2, -0.15) is 0 Å². The highest BCUT2D eigenvalue weighted by Crippen LogP contribution is 2.31. The Morgan fingerprint density at radius 1 is 0.595 bits per heavy atom. The molecule has 42 heavy (non-hydrogen) atoms. The zero-order valence-electron chi connectivity index (χ0n) is 22.6. The monoisotopic (exact) mass is 600 g/mol. The highest BCUT2D eigenvalue weighted by molar-refractivity contribution is 6.32. The maximum Gasteiger partial charge on any atom is 0.278 e. The van der Waals surface area contributed by atoms with E-state index < -0.39 is 24.3 Å². The predicted molar refractivity (Wildman–Crippen MR) is 166 cm³/mol. The van der Waals surface area contributed by atoms with Crippen molar-refractivity contribution in [1.29, 1.82) is 0 Å². The van der Waals surface area contributed by atoms with Crippen molar-refractivity contribution in [3.05, 3.63) is 129 Å². The summed E-state index contributed by atoms with van der Waals surface area (Å²) in [6.45, 7) is 0. The first-order chi connectivity index (χ1) is 20.2. The maximum absolute atomic E-state index is 12.1. The molecule has 10 heteroatoms. The Hall–Kier alpha value is -4.34. The fourth-order valence-corrected chi connectivity index (χ4v) is 5.06. The molecule has 8 nitrogen and oxygen atoms in total. The van der Waals surface area contributed by atoms with Crippen LogP contribution in [0.4, 0.5) is 11.4 Å². The van der Waals surface area contributed by atoms with Gasteiger partial charge in [-0.25, -0.2) is 9.98 Å². The predicted octanol–water partition coefficient (Wildman–Crippen LogP) is 4.94. The summed E-state index contributed by atoms with van der Waals surface area (Å²) in [5.74, 6) is -0.936. The molecule has 2 aliphatic heterocycles. The minimum Gasteiger partial charge on any atom is -0.364 e. The number of carbonyl (C=O) groups excluding carboxylic acids is 2. The van der Waals surface area contributed by atoms with E-state index in [4.69, 9.17) is 23.2 Å². The molecule has 0 aromatic heterocycles. The SMILES string of the molecule is CN1C(=O)[C@@H](O)N=C(c2ccccc2)c2cc(Cl)ccc21.CN1C(=O)[C@H](O)N=C(c2ccccc2)c2cc(Cl)ccc21. The van der Waals surface area contributed by atoms with Gasteiger partial charge in [-0.3, -0.25) is 9.59 Å². The summed E-state index contributed by atoms with van der Waals surface area (Å²) in [5, 5.41) is 21.1. The maximum atomic E-state index is 12.1. The molecule has 6 rings (SSSR count). The Kier molecular flexibility index (Phi) is 8.51. The van der Waals surface area contributed by atoms with Crippen LogP contribution in [0.5, 0.6) is 0 Å². The number of halogens is 2. The average Bonchev–Trinajstić information content (AvgIpc) is 3.16. The van der Waals surface area contributed by atoms with Crippen molar-refractivity contribution >= 4 is 57.8 Å². The highest BCUT2D eigenvalue weighted by atomic mass is 35.5. The molecule has 0 unspecified atom stereocenters. The normalized spacial score (nSPS) is 18.0. The number of rotatable bonds is 2. The van der Waals surface area contributed by atoms with Crippen LogP contribution < -0.4 is 9.80 Å². The number of hydrogen-bond donors (Lipinski definition) is 2. The number of fused-ring (bicyclic) bond motifs is 2. The summed E-state index contributed by atoms with van der Waals surface area (Å²) in [7, 11) is 3.23. The molecule has 0 fully saturated rings. The molecular weight excluding hydrogens is 575 g/mol. The largest absolute Gasteiger partial charge is 0.364 e. The van der Waals surface area contributed by atoms with Crippen LogP contribution in [0.3, 0.4) is 0 Å². The van der Waals surface area contributed by atoms with Crippen LogP contribution in [0, 0.1) is 0 Å². The summed E-state index contributed by atoms with van der Waals surface area (Å²) < 4.78 is 0. The Labute approximate surface area is 252 Å². The van der Waals surface area contributed by atoms with Crippen molar-refractivity contribution in [2.75, 3.05) is 23.9 Å². The van der Waals surface area contributed by atoms with Crippen LogP contribution in [0.1, 0.15) is 22.3 Å². The summed E-state index contributed by atoms with van der Waals surface area (Å²) in [6, 6.07) is 29.3. The van der Waals surface area contributed by atoms with E-state index in [9.17, 15) is 19.8 Å². The molecule has 0 saturated carbocycles. The van der Waals surface area contributed by atoms with E-state index in [0.717, 1.165) is 22.3 Å². The van der Waals surface area contributed by atoms with Crippen molar-refractivity contribution in [2.24, 2.45) is 9.98 Å². The van der Waals surface area contributed by atoms with E-state index in [1.165, 1.54) is 9.80 Å². The molecule has 4 aromatic carbocycles. The minimum atomic E-state index is -1.42. The van der Waals surface area contributed by atoms with Crippen molar-refractivity contribution in [3.8, 4) is 0 Å². The Morgan fingerprint density at radius 2 is 0.952 bits per heavy atom. The summed E-state index contributed by atoms with van der Waals surface area (Å²) in [4.78, 5) is 35.4. The molecular formula is C32H26Cl2N4O4. The van der Waals surface area contributed by atoms with Crippen molar-refractivity contribution in [3.63, 3.8) is 0 Å². The third-order valence-electron chi connectivity index (χ3n) is 6.85. The molecule has 0 spiro atoms. The third-order valence-corrected chi connectivity index (χ3v) is 7.32. The molecule has 212 valence electrons. The quantitative estimate of drug-likeness (QED) is 0.340. The Bertz CT molecular complexity index is 1580. The van der Waals surface area contributed by atoms with Gasteiger partial charge in [-0.05, 0) is 36.4 Å². The molecule has 2 atom stereocenters. The fourth-order valence-electron chi connectivity index (χ4n) is 4.71. The number of anilines is 2. The second-order valence-electron chi connectivity index (χ2n) is 9.55. The van der Waals surface area contributed by atoms with Gasteiger partial charge in [0.2, 0.25) is 12.5 Å². The second-order valence-corrected chi connectivity index (χ2v) is 10.4. The summed E-state index contributed by atoms with van der Waals surface area (Å²) >= 11 is 12.2. The van der Waals surface area contributed by atoms with Gasteiger partial charge >= 0.3 is 0 Å². The number of aliphatic imine (C=N–C) groups is 2. The van der Waals surface area contributed by atoms with Gasteiger partial charge in [0, 0.05) is 46.4 Å². The number of carbonyl (C=O) groups is 2. The number of amides is 2. The molecule has 0 radical (unpaired) electrons. The van der Waals surface area contributed by atoms with Crippen LogP contribution in [0.2, 0.25) is 10.0 Å². The second kappa shape index (κ2) is 12.3. The molecule has 2 aliphatic rings. The smallest absolute Gasteiger partial charge is 0.278 e. The number of benzodiazepines with no additional fused rings is 2. The molecule has 0 saturated heterocycles. The Morgan fingerprint density at radius 3 is 1.31 bits per heavy atom. The van der Waals surface area contributed by atoms with E-state index >= 15 is 0 Å². The van der Waals surface area contributed by atoms with Gasteiger partial charge in [0.15, 0.2) is 0 Å². The standard InChI is InChI=1S/2C16H13ClN2O2/c2*1-19-13-8-7-11(17)9-12(13)14(18-15(20)16(19)21)10-5-3-2-4-6-10/h2*2-9,15,20H,1H3/t2*15-/m10/s1. The van der Waals surface area contributed by atoms with Crippen LogP contribution in [-0.2, 0) is 9.59 Å². The van der Waals surface area contributed by atoms with E-state index in [1.54, 1.807) is 50.5 Å². The lowest BCUT2D eigenvalue weighted by Gasteiger charge is -2.18. The number of aliphatic hydroxyl groups excluding tert-OH is 2. The van der Waals surface area contributed by atoms with E-state index in [0.29, 0.717) is 32.8 Å². The van der Waals surface area contributed by atoms with Crippen molar-refractivity contribution in [2.45, 2.75) is 12.5 Å². The van der Waals surface area contributed by atoms with Gasteiger partial charge in [0.1, 0.15) is 0 Å². The van der Waals surface area contributed by atoms with Gasteiger partial charge in [-0.15, -0.1) is 0 Å². The first kappa shape index (κ1) is 29.2. The zero-order chi connectivity index (χ0) is 30.0.